The highest BCUT2D eigenvalue weighted by Gasteiger charge is 2.28. The van der Waals surface area contributed by atoms with Gasteiger partial charge in [-0.1, -0.05) is 42.5 Å². The first-order chi connectivity index (χ1) is 11.6. The fourth-order valence-corrected chi connectivity index (χ4v) is 2.57. The van der Waals surface area contributed by atoms with Crippen LogP contribution in [0.3, 0.4) is 0 Å². The van der Waals surface area contributed by atoms with Gasteiger partial charge >= 0.3 is 0 Å². The Labute approximate surface area is 141 Å². The predicted octanol–water partition coefficient (Wildman–Crippen LogP) is 3.09. The summed E-state index contributed by atoms with van der Waals surface area (Å²) in [6, 6.07) is 17.8. The summed E-state index contributed by atoms with van der Waals surface area (Å²) in [4.78, 5) is 0. The van der Waals surface area contributed by atoms with Crippen LogP contribution in [-0.4, -0.2) is 17.3 Å². The van der Waals surface area contributed by atoms with Gasteiger partial charge in [0.25, 0.3) is 0 Å². The standard InChI is InChI=1S/C19H21N3O2/c1-19(20,13-15-6-4-3-5-7-15)18-22-21-17(24-18)12-14-8-10-16(23-2)11-9-14/h3-11H,12-13,20H2,1-2H3/t19-/m1/s1. The summed E-state index contributed by atoms with van der Waals surface area (Å²) in [5.74, 6) is 1.83. The molecule has 0 saturated carbocycles. The lowest BCUT2D eigenvalue weighted by Gasteiger charge is -2.20. The van der Waals surface area contributed by atoms with Crippen molar-refractivity contribution >= 4 is 0 Å². The van der Waals surface area contributed by atoms with E-state index in [0.29, 0.717) is 24.6 Å². The third kappa shape index (κ3) is 3.81. The predicted molar refractivity (Wildman–Crippen MR) is 91.8 cm³/mol. The molecule has 1 aromatic heterocycles. The Kier molecular flexibility index (Phi) is 4.62. The Bertz CT molecular complexity index is 780. The second-order valence-corrected chi connectivity index (χ2v) is 6.11. The van der Waals surface area contributed by atoms with Gasteiger partial charge in [-0.2, -0.15) is 0 Å². The fraction of sp³-hybridized carbons (Fsp3) is 0.263. The molecule has 124 valence electrons. The summed E-state index contributed by atoms with van der Waals surface area (Å²) in [6.07, 6.45) is 1.20. The summed E-state index contributed by atoms with van der Waals surface area (Å²) in [5.41, 5.74) is 7.91. The molecule has 24 heavy (non-hydrogen) atoms. The first-order valence-electron chi connectivity index (χ1n) is 7.85. The SMILES string of the molecule is COc1ccc(Cc2nnc([C@](C)(N)Cc3ccccc3)o2)cc1. The second kappa shape index (κ2) is 6.84. The van der Waals surface area contributed by atoms with Crippen molar-refractivity contribution in [3.05, 3.63) is 77.5 Å². The molecule has 0 saturated heterocycles. The number of ether oxygens (including phenoxy) is 1. The van der Waals surface area contributed by atoms with Crippen LogP contribution < -0.4 is 10.5 Å². The molecule has 0 spiro atoms. The molecule has 5 heteroatoms. The molecule has 3 rings (SSSR count). The molecule has 0 bridgehead atoms. The molecule has 2 aromatic carbocycles. The van der Waals surface area contributed by atoms with Crippen LogP contribution in [0.1, 0.15) is 29.8 Å². The van der Waals surface area contributed by atoms with Crippen LogP contribution in [0.4, 0.5) is 0 Å². The van der Waals surface area contributed by atoms with E-state index in [1.54, 1.807) is 7.11 Å². The summed E-state index contributed by atoms with van der Waals surface area (Å²) >= 11 is 0. The Morgan fingerprint density at radius 2 is 1.71 bits per heavy atom. The fourth-order valence-electron chi connectivity index (χ4n) is 2.57. The molecular formula is C19H21N3O2. The van der Waals surface area contributed by atoms with Crippen molar-refractivity contribution in [3.63, 3.8) is 0 Å². The molecule has 5 nitrogen and oxygen atoms in total. The molecule has 2 N–H and O–H groups in total. The third-order valence-electron chi connectivity index (χ3n) is 3.88. The number of nitrogens with two attached hydrogens (primary N) is 1. The molecule has 1 atom stereocenters. The molecular weight excluding hydrogens is 302 g/mol. The maximum Gasteiger partial charge on any atom is 0.236 e. The van der Waals surface area contributed by atoms with E-state index >= 15 is 0 Å². The van der Waals surface area contributed by atoms with E-state index in [-0.39, 0.29) is 0 Å². The lowest BCUT2D eigenvalue weighted by atomic mass is 9.94. The largest absolute Gasteiger partial charge is 0.497 e. The second-order valence-electron chi connectivity index (χ2n) is 6.11. The average molecular weight is 323 g/mol. The van der Waals surface area contributed by atoms with Crippen LogP contribution >= 0.6 is 0 Å². The Morgan fingerprint density at radius 1 is 1.00 bits per heavy atom. The van der Waals surface area contributed by atoms with Crippen LogP contribution in [-0.2, 0) is 18.4 Å². The molecule has 1 heterocycles. The van der Waals surface area contributed by atoms with E-state index in [0.717, 1.165) is 16.9 Å². The van der Waals surface area contributed by atoms with E-state index in [2.05, 4.69) is 10.2 Å². The zero-order valence-electron chi connectivity index (χ0n) is 13.9. The lowest BCUT2D eigenvalue weighted by Crippen LogP contribution is -2.35. The van der Waals surface area contributed by atoms with Crippen molar-refractivity contribution in [3.8, 4) is 5.75 Å². The highest BCUT2D eigenvalue weighted by atomic mass is 16.5. The quantitative estimate of drug-likeness (QED) is 0.754. The van der Waals surface area contributed by atoms with Gasteiger partial charge in [-0.25, -0.2) is 0 Å². The normalized spacial score (nSPS) is 13.5. The van der Waals surface area contributed by atoms with E-state index in [1.165, 1.54) is 0 Å². The van der Waals surface area contributed by atoms with E-state index in [9.17, 15) is 0 Å². The molecule has 0 aliphatic heterocycles. The number of rotatable bonds is 6. The number of hydrogen-bond acceptors (Lipinski definition) is 5. The van der Waals surface area contributed by atoms with Crippen molar-refractivity contribution in [1.82, 2.24) is 10.2 Å². The molecule has 0 amide bonds. The van der Waals surface area contributed by atoms with Gasteiger partial charge in [-0.3, -0.25) is 0 Å². The average Bonchev–Trinajstić information content (AvgIpc) is 3.06. The number of hydrogen-bond donors (Lipinski definition) is 1. The van der Waals surface area contributed by atoms with E-state index in [1.807, 2.05) is 61.5 Å². The Morgan fingerprint density at radius 3 is 2.38 bits per heavy atom. The van der Waals surface area contributed by atoms with E-state index in [4.69, 9.17) is 14.9 Å². The van der Waals surface area contributed by atoms with Gasteiger partial charge in [0.1, 0.15) is 5.75 Å². The highest BCUT2D eigenvalue weighted by Crippen LogP contribution is 2.22. The Balaban J connectivity index is 1.71. The first kappa shape index (κ1) is 16.2. The van der Waals surface area contributed by atoms with E-state index < -0.39 is 5.54 Å². The van der Waals surface area contributed by atoms with Gasteiger partial charge in [0.15, 0.2) is 0 Å². The van der Waals surface area contributed by atoms with Crippen LogP contribution in [0.2, 0.25) is 0 Å². The van der Waals surface area contributed by atoms with Gasteiger partial charge in [-0.05, 0) is 36.6 Å². The van der Waals surface area contributed by atoms with Gasteiger partial charge in [0.2, 0.25) is 11.8 Å². The minimum atomic E-state index is -0.702. The van der Waals surface area contributed by atoms with Crippen LogP contribution in [0, 0.1) is 0 Å². The topological polar surface area (TPSA) is 74.2 Å². The zero-order valence-corrected chi connectivity index (χ0v) is 13.9. The molecule has 0 aliphatic rings. The van der Waals surface area contributed by atoms with Crippen molar-refractivity contribution in [2.24, 2.45) is 5.73 Å². The molecule has 0 unspecified atom stereocenters. The number of aromatic nitrogens is 2. The summed E-state index contributed by atoms with van der Waals surface area (Å²) in [7, 11) is 1.65. The zero-order chi connectivity index (χ0) is 17.0. The van der Waals surface area contributed by atoms with Gasteiger partial charge in [0.05, 0.1) is 19.1 Å². The number of benzene rings is 2. The minimum absolute atomic E-state index is 0.454. The van der Waals surface area contributed by atoms with Crippen molar-refractivity contribution in [2.75, 3.05) is 7.11 Å². The third-order valence-corrected chi connectivity index (χ3v) is 3.88. The van der Waals surface area contributed by atoms with Crippen molar-refractivity contribution in [1.29, 1.82) is 0 Å². The monoisotopic (exact) mass is 323 g/mol. The first-order valence-corrected chi connectivity index (χ1v) is 7.85. The van der Waals surface area contributed by atoms with Crippen LogP contribution in [0.15, 0.2) is 59.0 Å². The van der Waals surface area contributed by atoms with Crippen molar-refractivity contribution < 1.29 is 9.15 Å². The van der Waals surface area contributed by atoms with Gasteiger partial charge in [0, 0.05) is 0 Å². The smallest absolute Gasteiger partial charge is 0.236 e. The molecule has 0 radical (unpaired) electrons. The van der Waals surface area contributed by atoms with Crippen LogP contribution in [0.5, 0.6) is 5.75 Å². The van der Waals surface area contributed by atoms with Crippen molar-refractivity contribution in [2.45, 2.75) is 25.3 Å². The molecule has 0 aliphatic carbocycles. The minimum Gasteiger partial charge on any atom is -0.497 e. The lowest BCUT2D eigenvalue weighted by molar-refractivity contribution is 0.339. The summed E-state index contributed by atoms with van der Waals surface area (Å²) < 4.78 is 11.0. The molecule has 0 fully saturated rings. The maximum atomic E-state index is 6.40. The number of methoxy groups -OCH3 is 1. The van der Waals surface area contributed by atoms with Crippen LogP contribution in [0.25, 0.3) is 0 Å². The molecule has 3 aromatic rings. The van der Waals surface area contributed by atoms with Gasteiger partial charge < -0.3 is 14.9 Å². The maximum absolute atomic E-state index is 6.40. The highest BCUT2D eigenvalue weighted by molar-refractivity contribution is 5.28. The Hall–Kier alpha value is -2.66. The number of nitrogens with zero attached hydrogens (tertiary/aromatic N) is 2. The summed E-state index contributed by atoms with van der Waals surface area (Å²) in [5, 5.41) is 8.28. The van der Waals surface area contributed by atoms with Gasteiger partial charge in [-0.15, -0.1) is 10.2 Å². The summed E-state index contributed by atoms with van der Waals surface area (Å²) in [6.45, 7) is 1.91.